The Balaban J connectivity index is 2.08. The molecule has 0 spiro atoms. The molecule has 0 saturated heterocycles. The van der Waals surface area contributed by atoms with Crippen LogP contribution in [0.5, 0.6) is 0 Å². The predicted octanol–water partition coefficient (Wildman–Crippen LogP) is 4.34. The zero-order valence-corrected chi connectivity index (χ0v) is 19.6. The first-order valence-electron chi connectivity index (χ1n) is 10.6. The van der Waals surface area contributed by atoms with Crippen LogP contribution in [0.15, 0.2) is 15.6 Å². The molecule has 9 heteroatoms. The number of carbonyl (C=O) groups excluding carboxylic acids is 1. The molecule has 2 aromatic heterocycles. The first-order chi connectivity index (χ1) is 14.4. The topological polar surface area (TPSA) is 102 Å². The third-order valence-electron chi connectivity index (χ3n) is 4.72. The van der Waals surface area contributed by atoms with Crippen LogP contribution in [0.25, 0.3) is 0 Å². The van der Waals surface area contributed by atoms with Crippen LogP contribution in [0.3, 0.4) is 0 Å². The molecule has 0 saturated carbocycles. The summed E-state index contributed by atoms with van der Waals surface area (Å²) in [4.78, 5) is 21.7. The van der Waals surface area contributed by atoms with E-state index in [2.05, 4.69) is 39.6 Å². The third kappa shape index (κ3) is 6.29. The van der Waals surface area contributed by atoms with E-state index in [9.17, 15) is 4.79 Å². The van der Waals surface area contributed by atoms with Gasteiger partial charge in [-0.1, -0.05) is 19.0 Å². The molecule has 2 N–H and O–H groups in total. The molecule has 0 radical (unpaired) electrons. The molecule has 0 aliphatic rings. The largest absolute Gasteiger partial charge is 0.462 e. The molecule has 30 heavy (non-hydrogen) atoms. The monoisotopic (exact) mass is 435 g/mol. The van der Waals surface area contributed by atoms with Gasteiger partial charge in [0, 0.05) is 18.5 Å². The van der Waals surface area contributed by atoms with Gasteiger partial charge < -0.3 is 19.9 Å². The van der Waals surface area contributed by atoms with Gasteiger partial charge in [0.1, 0.15) is 16.4 Å². The van der Waals surface area contributed by atoms with Gasteiger partial charge in [-0.25, -0.2) is 14.8 Å². The van der Waals surface area contributed by atoms with Crippen LogP contribution < -0.4 is 10.6 Å². The van der Waals surface area contributed by atoms with E-state index in [1.807, 2.05) is 26.8 Å². The zero-order valence-electron chi connectivity index (χ0n) is 18.7. The van der Waals surface area contributed by atoms with Crippen molar-refractivity contribution in [2.45, 2.75) is 72.9 Å². The fourth-order valence-electron chi connectivity index (χ4n) is 3.04. The first-order valence-corrected chi connectivity index (χ1v) is 11.4. The van der Waals surface area contributed by atoms with Gasteiger partial charge in [0.15, 0.2) is 11.7 Å². The second kappa shape index (κ2) is 11.7. The van der Waals surface area contributed by atoms with E-state index in [-0.39, 0.29) is 12.0 Å². The van der Waals surface area contributed by atoms with Crippen molar-refractivity contribution < 1.29 is 14.1 Å². The molecule has 166 valence electrons. The molecule has 0 aromatic carbocycles. The lowest BCUT2D eigenvalue weighted by atomic mass is 9.99. The highest BCUT2D eigenvalue weighted by Crippen LogP contribution is 2.25. The lowest BCUT2D eigenvalue weighted by Crippen LogP contribution is -2.38. The first kappa shape index (κ1) is 23.9. The number of aliphatic imine (C=N–C) groups is 1. The van der Waals surface area contributed by atoms with Crippen molar-refractivity contribution in [2.75, 3.05) is 13.2 Å². The van der Waals surface area contributed by atoms with Crippen molar-refractivity contribution in [1.82, 2.24) is 20.8 Å². The molecule has 0 bridgehead atoms. The molecule has 2 aromatic rings. The van der Waals surface area contributed by atoms with Gasteiger partial charge in [-0.05, 0) is 40.5 Å². The molecule has 0 aliphatic carbocycles. The maximum absolute atomic E-state index is 12.1. The molecule has 2 heterocycles. The van der Waals surface area contributed by atoms with Crippen LogP contribution in [-0.2, 0) is 11.3 Å². The predicted molar refractivity (Wildman–Crippen MR) is 119 cm³/mol. The van der Waals surface area contributed by atoms with Crippen molar-refractivity contribution in [2.24, 2.45) is 4.99 Å². The number of thiazole rings is 1. The highest BCUT2D eigenvalue weighted by atomic mass is 32.1. The average molecular weight is 436 g/mol. The summed E-state index contributed by atoms with van der Waals surface area (Å²) in [6, 6.07) is 1.87. The Kier molecular flexibility index (Phi) is 9.29. The molecule has 0 amide bonds. The van der Waals surface area contributed by atoms with Gasteiger partial charge in [0.25, 0.3) is 0 Å². The molecule has 1 atom stereocenters. The summed E-state index contributed by atoms with van der Waals surface area (Å²) in [5.74, 6) is 1.47. The summed E-state index contributed by atoms with van der Waals surface area (Å²) in [7, 11) is 0. The van der Waals surface area contributed by atoms with E-state index in [0.29, 0.717) is 35.6 Å². The minimum absolute atomic E-state index is 0.121. The van der Waals surface area contributed by atoms with E-state index in [4.69, 9.17) is 9.26 Å². The molecule has 2 rings (SSSR count). The number of nitrogens with one attached hydrogen (secondary N) is 2. The highest BCUT2D eigenvalue weighted by Gasteiger charge is 2.20. The Morgan fingerprint density at radius 3 is 2.67 bits per heavy atom. The Hall–Kier alpha value is -2.42. The number of aryl methyl sites for hydroxylation is 1. The highest BCUT2D eigenvalue weighted by molar-refractivity contribution is 7.13. The smallest absolute Gasteiger partial charge is 0.350 e. The van der Waals surface area contributed by atoms with Crippen molar-refractivity contribution in [1.29, 1.82) is 0 Å². The summed E-state index contributed by atoms with van der Waals surface area (Å²) in [5, 5.41) is 11.6. The van der Waals surface area contributed by atoms with Gasteiger partial charge in [-0.2, -0.15) is 0 Å². The summed E-state index contributed by atoms with van der Waals surface area (Å²) in [6.45, 7) is 13.4. The third-order valence-corrected chi connectivity index (χ3v) is 6.04. The van der Waals surface area contributed by atoms with E-state index in [1.54, 1.807) is 6.92 Å². The minimum Gasteiger partial charge on any atom is -0.462 e. The molecular formula is C21H33N5O3S. The molecular weight excluding hydrogens is 402 g/mol. The summed E-state index contributed by atoms with van der Waals surface area (Å²) in [5.41, 5.74) is 1.67. The van der Waals surface area contributed by atoms with Crippen LogP contribution in [0.2, 0.25) is 0 Å². The Morgan fingerprint density at radius 2 is 2.03 bits per heavy atom. The fourth-order valence-corrected chi connectivity index (χ4v) is 4.00. The lowest BCUT2D eigenvalue weighted by molar-refractivity contribution is 0.0531. The van der Waals surface area contributed by atoms with Gasteiger partial charge in [-0.3, -0.25) is 0 Å². The number of guanidine groups is 1. The van der Waals surface area contributed by atoms with E-state index >= 15 is 0 Å². The number of esters is 1. The number of rotatable bonds is 10. The summed E-state index contributed by atoms with van der Waals surface area (Å²) >= 11 is 1.34. The minimum atomic E-state index is -0.329. The second-order valence-electron chi connectivity index (χ2n) is 6.98. The Bertz CT molecular complexity index is 842. The van der Waals surface area contributed by atoms with Crippen LogP contribution in [0.4, 0.5) is 0 Å². The van der Waals surface area contributed by atoms with E-state index in [0.717, 1.165) is 35.8 Å². The van der Waals surface area contributed by atoms with Crippen molar-refractivity contribution in [3.05, 3.63) is 33.1 Å². The van der Waals surface area contributed by atoms with Gasteiger partial charge >= 0.3 is 5.97 Å². The SMILES string of the molecule is CCNC(=NCc1cc(C(CC)CC)no1)NC(C)c1nc(C)c(C(=O)OCC)s1. The van der Waals surface area contributed by atoms with Gasteiger partial charge in [-0.15, -0.1) is 11.3 Å². The number of nitrogens with zero attached hydrogens (tertiary/aromatic N) is 3. The van der Waals surface area contributed by atoms with E-state index in [1.165, 1.54) is 11.3 Å². The van der Waals surface area contributed by atoms with Crippen molar-refractivity contribution in [3.63, 3.8) is 0 Å². The second-order valence-corrected chi connectivity index (χ2v) is 8.01. The molecule has 1 unspecified atom stereocenters. The maximum atomic E-state index is 12.1. The molecule has 0 fully saturated rings. The van der Waals surface area contributed by atoms with Crippen LogP contribution in [0.1, 0.15) is 91.2 Å². The lowest BCUT2D eigenvalue weighted by Gasteiger charge is -2.15. The van der Waals surface area contributed by atoms with Crippen LogP contribution >= 0.6 is 11.3 Å². The molecule has 0 aliphatic heterocycles. The van der Waals surface area contributed by atoms with Crippen molar-refractivity contribution in [3.8, 4) is 0 Å². The van der Waals surface area contributed by atoms with Crippen molar-refractivity contribution >= 4 is 23.3 Å². The average Bonchev–Trinajstić information content (AvgIpc) is 3.34. The summed E-state index contributed by atoms with van der Waals surface area (Å²) in [6.07, 6.45) is 2.07. The normalized spacial score (nSPS) is 12.8. The number of hydrogen-bond donors (Lipinski definition) is 2. The number of aromatic nitrogens is 2. The van der Waals surface area contributed by atoms with Crippen LogP contribution in [0, 0.1) is 6.92 Å². The van der Waals surface area contributed by atoms with Gasteiger partial charge in [0.2, 0.25) is 0 Å². The fraction of sp³-hybridized carbons (Fsp3) is 0.619. The number of ether oxygens (including phenoxy) is 1. The summed E-state index contributed by atoms with van der Waals surface area (Å²) < 4.78 is 10.6. The number of hydrogen-bond acceptors (Lipinski definition) is 7. The quantitative estimate of drug-likeness (QED) is 0.325. The molecule has 8 nitrogen and oxygen atoms in total. The van der Waals surface area contributed by atoms with E-state index < -0.39 is 0 Å². The van der Waals surface area contributed by atoms with Gasteiger partial charge in [0.05, 0.1) is 24.0 Å². The number of carbonyl (C=O) groups is 1. The standard InChI is InChI=1S/C21H33N5O3S/c1-7-15(8-2)17-11-16(29-26-17)12-23-21(22-9-3)25-14(6)19-24-13(5)18(30-19)20(27)28-10-4/h11,14-15H,7-10,12H2,1-6H3,(H2,22,23,25). The van der Waals surface area contributed by atoms with Crippen LogP contribution in [-0.4, -0.2) is 35.2 Å². The zero-order chi connectivity index (χ0) is 22.1. The maximum Gasteiger partial charge on any atom is 0.350 e. The Labute approximate surface area is 182 Å². The Morgan fingerprint density at radius 1 is 1.30 bits per heavy atom.